The van der Waals surface area contributed by atoms with Crippen molar-refractivity contribution in [3.63, 3.8) is 0 Å². The SMILES string of the molecule is CCNC(=NCc1ccnc2ccccc12)NCC(C)(C)c1cccs1.I. The summed E-state index contributed by atoms with van der Waals surface area (Å²) in [5, 5.41) is 10.1. The number of guanidine groups is 1. The molecule has 0 radical (unpaired) electrons. The summed E-state index contributed by atoms with van der Waals surface area (Å²) >= 11 is 1.80. The normalized spacial score (nSPS) is 11.9. The lowest BCUT2D eigenvalue weighted by Gasteiger charge is -2.25. The molecule has 3 rings (SSSR count). The molecule has 2 aromatic heterocycles. The van der Waals surface area contributed by atoms with Crippen molar-refractivity contribution in [1.82, 2.24) is 15.6 Å². The van der Waals surface area contributed by atoms with Gasteiger partial charge in [0.2, 0.25) is 0 Å². The van der Waals surface area contributed by atoms with E-state index in [2.05, 4.69) is 60.0 Å². The van der Waals surface area contributed by atoms with Gasteiger partial charge in [-0.3, -0.25) is 4.98 Å². The minimum absolute atomic E-state index is 0. The average molecular weight is 494 g/mol. The van der Waals surface area contributed by atoms with Crippen LogP contribution < -0.4 is 10.6 Å². The summed E-state index contributed by atoms with van der Waals surface area (Å²) in [6.45, 7) is 8.89. The van der Waals surface area contributed by atoms with E-state index >= 15 is 0 Å². The first-order valence-electron chi connectivity index (χ1n) is 8.99. The molecule has 0 amide bonds. The highest BCUT2D eigenvalue weighted by atomic mass is 127. The summed E-state index contributed by atoms with van der Waals surface area (Å²) in [6.07, 6.45) is 1.85. The Labute approximate surface area is 182 Å². The van der Waals surface area contributed by atoms with E-state index in [4.69, 9.17) is 4.99 Å². The van der Waals surface area contributed by atoms with E-state index in [1.54, 1.807) is 11.3 Å². The van der Waals surface area contributed by atoms with Crippen LogP contribution in [0.5, 0.6) is 0 Å². The molecule has 144 valence electrons. The van der Waals surface area contributed by atoms with Gasteiger partial charge in [-0.05, 0) is 36.1 Å². The number of hydrogen-bond donors (Lipinski definition) is 2. The van der Waals surface area contributed by atoms with Crippen molar-refractivity contribution >= 4 is 52.2 Å². The molecule has 0 saturated heterocycles. The fourth-order valence-corrected chi connectivity index (χ4v) is 3.71. The molecule has 0 bridgehead atoms. The van der Waals surface area contributed by atoms with E-state index in [0.29, 0.717) is 6.54 Å². The zero-order chi connectivity index (χ0) is 18.4. The highest BCUT2D eigenvalue weighted by Crippen LogP contribution is 2.26. The third-order valence-corrected chi connectivity index (χ3v) is 5.61. The number of hydrogen-bond acceptors (Lipinski definition) is 3. The summed E-state index contributed by atoms with van der Waals surface area (Å²) in [4.78, 5) is 10.6. The monoisotopic (exact) mass is 494 g/mol. The molecule has 0 aliphatic heterocycles. The van der Waals surface area contributed by atoms with Crippen molar-refractivity contribution in [3.8, 4) is 0 Å². The first kappa shape index (κ1) is 21.6. The number of fused-ring (bicyclic) bond motifs is 1. The van der Waals surface area contributed by atoms with Gasteiger partial charge >= 0.3 is 0 Å². The van der Waals surface area contributed by atoms with Gasteiger partial charge in [-0.2, -0.15) is 0 Å². The number of benzene rings is 1. The van der Waals surface area contributed by atoms with Crippen LogP contribution in [0, 0.1) is 0 Å². The number of rotatable bonds is 6. The Kier molecular flexibility index (Phi) is 8.04. The predicted molar refractivity (Wildman–Crippen MR) is 127 cm³/mol. The maximum Gasteiger partial charge on any atom is 0.191 e. The first-order valence-corrected chi connectivity index (χ1v) is 9.87. The van der Waals surface area contributed by atoms with Crippen LogP contribution in [0.4, 0.5) is 0 Å². The van der Waals surface area contributed by atoms with E-state index in [0.717, 1.165) is 30.0 Å². The van der Waals surface area contributed by atoms with Crippen LogP contribution in [-0.2, 0) is 12.0 Å². The Balaban J connectivity index is 0.00000261. The van der Waals surface area contributed by atoms with Gasteiger partial charge in [0.05, 0.1) is 12.1 Å². The fraction of sp³-hybridized carbons (Fsp3) is 0.333. The Bertz CT molecular complexity index is 870. The van der Waals surface area contributed by atoms with Crippen LogP contribution in [-0.4, -0.2) is 24.0 Å². The van der Waals surface area contributed by atoms with E-state index in [1.807, 2.05) is 30.5 Å². The van der Waals surface area contributed by atoms with Gasteiger partial charge < -0.3 is 10.6 Å². The van der Waals surface area contributed by atoms with Crippen LogP contribution in [0.1, 0.15) is 31.2 Å². The molecule has 27 heavy (non-hydrogen) atoms. The van der Waals surface area contributed by atoms with E-state index in [9.17, 15) is 0 Å². The number of thiophene rings is 1. The standard InChI is InChI=1S/C21H26N4S.HI/c1-4-22-20(25-15-21(2,3)19-10-7-13-26-19)24-14-16-11-12-23-18-9-6-5-8-17(16)18;/h5-13H,4,14-15H2,1-3H3,(H2,22,24,25);1H. The van der Waals surface area contributed by atoms with Gasteiger partial charge in [-0.25, -0.2) is 4.99 Å². The molecule has 0 aliphatic carbocycles. The molecule has 0 aliphatic rings. The number of aromatic nitrogens is 1. The summed E-state index contributed by atoms with van der Waals surface area (Å²) in [7, 11) is 0. The van der Waals surface area contributed by atoms with Crippen LogP contribution in [0.15, 0.2) is 59.0 Å². The van der Waals surface area contributed by atoms with Gasteiger partial charge in [0.15, 0.2) is 5.96 Å². The zero-order valence-electron chi connectivity index (χ0n) is 16.0. The second-order valence-electron chi connectivity index (χ2n) is 6.90. The molecule has 0 spiro atoms. The predicted octanol–water partition coefficient (Wildman–Crippen LogP) is 4.95. The third kappa shape index (κ3) is 5.65. The molecule has 2 N–H and O–H groups in total. The van der Waals surface area contributed by atoms with Crippen LogP contribution >= 0.6 is 35.3 Å². The summed E-state index contributed by atoms with van der Waals surface area (Å²) in [6, 6.07) is 14.5. The number of pyridine rings is 1. The molecule has 6 heteroatoms. The van der Waals surface area contributed by atoms with E-state index in [-0.39, 0.29) is 29.4 Å². The number of halogens is 1. The second-order valence-corrected chi connectivity index (χ2v) is 7.84. The number of para-hydroxylation sites is 1. The largest absolute Gasteiger partial charge is 0.357 e. The molecule has 2 heterocycles. The van der Waals surface area contributed by atoms with E-state index < -0.39 is 0 Å². The molecule has 3 aromatic rings. The van der Waals surface area contributed by atoms with Crippen molar-refractivity contribution in [2.24, 2.45) is 4.99 Å². The summed E-state index contributed by atoms with van der Waals surface area (Å²) in [5.41, 5.74) is 2.26. The van der Waals surface area contributed by atoms with Crippen LogP contribution in [0.2, 0.25) is 0 Å². The second kappa shape index (κ2) is 10.0. The molecule has 4 nitrogen and oxygen atoms in total. The van der Waals surface area contributed by atoms with Crippen molar-refractivity contribution in [3.05, 3.63) is 64.5 Å². The first-order chi connectivity index (χ1) is 12.6. The Morgan fingerprint density at radius 3 is 2.67 bits per heavy atom. The van der Waals surface area contributed by atoms with Crippen molar-refractivity contribution in [2.75, 3.05) is 13.1 Å². The lowest BCUT2D eigenvalue weighted by atomic mass is 9.91. The van der Waals surface area contributed by atoms with Crippen molar-refractivity contribution in [2.45, 2.75) is 32.7 Å². The Hall–Kier alpha value is -1.67. The topological polar surface area (TPSA) is 49.3 Å². The molecule has 0 unspecified atom stereocenters. The van der Waals surface area contributed by atoms with Crippen molar-refractivity contribution < 1.29 is 0 Å². The van der Waals surface area contributed by atoms with Crippen molar-refractivity contribution in [1.29, 1.82) is 0 Å². The maximum absolute atomic E-state index is 4.79. The van der Waals surface area contributed by atoms with Crippen LogP contribution in [0.3, 0.4) is 0 Å². The van der Waals surface area contributed by atoms with E-state index in [1.165, 1.54) is 10.4 Å². The third-order valence-electron chi connectivity index (χ3n) is 4.38. The molecule has 0 fully saturated rings. The number of nitrogens with one attached hydrogen (secondary N) is 2. The minimum Gasteiger partial charge on any atom is -0.357 e. The lowest BCUT2D eigenvalue weighted by Crippen LogP contribution is -2.43. The molecule has 1 aromatic carbocycles. The highest BCUT2D eigenvalue weighted by molar-refractivity contribution is 14.0. The average Bonchev–Trinajstić information content (AvgIpc) is 3.20. The van der Waals surface area contributed by atoms with Gasteiger partial charge in [-0.1, -0.05) is 38.1 Å². The highest BCUT2D eigenvalue weighted by Gasteiger charge is 2.21. The Morgan fingerprint density at radius 2 is 1.93 bits per heavy atom. The number of aliphatic imine (C=N–C) groups is 1. The van der Waals surface area contributed by atoms with Gasteiger partial charge in [0, 0.05) is 35.0 Å². The summed E-state index contributed by atoms with van der Waals surface area (Å²) in [5.74, 6) is 0.845. The maximum atomic E-state index is 4.79. The fourth-order valence-electron chi connectivity index (χ4n) is 2.85. The lowest BCUT2D eigenvalue weighted by molar-refractivity contribution is 0.518. The molecule has 0 atom stereocenters. The van der Waals surface area contributed by atoms with Crippen LogP contribution in [0.25, 0.3) is 10.9 Å². The van der Waals surface area contributed by atoms with Gasteiger partial charge in [-0.15, -0.1) is 35.3 Å². The van der Waals surface area contributed by atoms with Gasteiger partial charge in [0.25, 0.3) is 0 Å². The minimum atomic E-state index is 0. The molecular weight excluding hydrogens is 467 g/mol. The summed E-state index contributed by atoms with van der Waals surface area (Å²) < 4.78 is 0. The van der Waals surface area contributed by atoms with Gasteiger partial charge in [0.1, 0.15) is 0 Å². The zero-order valence-corrected chi connectivity index (χ0v) is 19.2. The smallest absolute Gasteiger partial charge is 0.191 e. The number of nitrogens with zero attached hydrogens (tertiary/aromatic N) is 2. The quantitative estimate of drug-likeness (QED) is 0.290. The molecular formula is C21H27IN4S. The molecule has 0 saturated carbocycles. The Morgan fingerprint density at radius 1 is 1.11 bits per heavy atom.